The van der Waals surface area contributed by atoms with Crippen molar-refractivity contribution in [1.29, 1.82) is 0 Å². The van der Waals surface area contributed by atoms with E-state index in [-0.39, 0.29) is 58.9 Å². The van der Waals surface area contributed by atoms with E-state index in [9.17, 15) is 84.0 Å². The first-order chi connectivity index (χ1) is 49.6. The van der Waals surface area contributed by atoms with Gasteiger partial charge in [0.05, 0.1) is 71.4 Å². The molecule has 0 amide bonds. The quantitative estimate of drug-likeness (QED) is 0.0284. The van der Waals surface area contributed by atoms with Gasteiger partial charge in [-0.15, -0.1) is 0 Å². The Kier molecular flexibility index (Phi) is 37.4. The van der Waals surface area contributed by atoms with Gasteiger partial charge in [0.2, 0.25) is 20.0 Å². The topological polar surface area (TPSA) is 570 Å². The zero-order chi connectivity index (χ0) is 81.7. The number of rotatable bonds is 35. The molecule has 107 heavy (non-hydrogen) atoms. The van der Waals surface area contributed by atoms with Crippen molar-refractivity contribution in [2.75, 3.05) is 23.8 Å². The van der Waals surface area contributed by atoms with Crippen molar-refractivity contribution in [3.05, 3.63) is 93.7 Å². The second kappa shape index (κ2) is 43.2. The Morgan fingerprint density at radius 2 is 0.645 bits per heavy atom. The number of esters is 13. The molecule has 4 aromatic rings. The third-order valence-corrected chi connectivity index (χ3v) is 15.8. The van der Waals surface area contributed by atoms with E-state index in [4.69, 9.17) is 105 Å². The summed E-state index contributed by atoms with van der Waals surface area (Å²) in [6.45, 7) is 17.4. The molecule has 4 rings (SSSR count). The maximum Gasteiger partial charge on any atom is 0.348 e. The van der Waals surface area contributed by atoms with Gasteiger partial charge in [-0.3, -0.25) is 0 Å². The molecule has 0 spiro atoms. The minimum atomic E-state index is -4.39. The molecular weight excluding hydrogens is 1520 g/mol. The number of anilines is 2. The van der Waals surface area contributed by atoms with Gasteiger partial charge in [0.1, 0.15) is 27.4 Å². The van der Waals surface area contributed by atoms with E-state index in [1.165, 1.54) is 46.3 Å². The van der Waals surface area contributed by atoms with Gasteiger partial charge < -0.3 is 91.3 Å². The van der Waals surface area contributed by atoms with Crippen LogP contribution in [0.3, 0.4) is 0 Å². The van der Waals surface area contributed by atoms with Crippen LogP contribution < -0.4 is 20.9 Å². The number of hydrogen-bond donors (Lipinski definition) is 6. The lowest BCUT2D eigenvalue weighted by Crippen LogP contribution is -2.39. The molecule has 2 aromatic heterocycles. The number of benzene rings is 2. The minimum Gasteiger partial charge on any atom is -0.478 e. The SMILES string of the molecule is CCOC(=O)[C@H](C)OC(=O)[C@H](C)OC(=O)[C@H](C)OC(=O)[C@H](C)OC(=O)[C@H](C)OC(=O)[C@H](C)O.CCOC(=O)[C@H](C)OC(=O)[C@H](C)OC(=O)[C@H](C)OC(=O)[C@H](C)OC(=O)[C@H](C)OC(=O)[C@H](C)OC(=O)c1cc(S(N)(=O)=O)c(Cl)cc1NCc1ccco1.NS(=O)(=O)c1cc(C(=O)O)c(NCc2ccco2)cc1Cl. The summed E-state index contributed by atoms with van der Waals surface area (Å²) in [5.41, 5.74) is -0.464. The van der Waals surface area contributed by atoms with Gasteiger partial charge in [0, 0.05) is 0 Å². The Morgan fingerprint density at radius 1 is 0.402 bits per heavy atom. The van der Waals surface area contributed by atoms with Crippen LogP contribution in [0.1, 0.15) is 129 Å². The number of furan rings is 2. The summed E-state index contributed by atoms with van der Waals surface area (Å²) >= 11 is 11.9. The van der Waals surface area contributed by atoms with E-state index >= 15 is 0 Å². The van der Waals surface area contributed by atoms with Crippen molar-refractivity contribution < 1.29 is 165 Å². The molecule has 0 radical (unpaired) electrons. The maximum absolute atomic E-state index is 13.1. The Balaban J connectivity index is 0.000000608. The monoisotopic (exact) mass is 1600 g/mol. The molecule has 12 atom stereocenters. The molecule has 0 aliphatic heterocycles. The first kappa shape index (κ1) is 92.6. The van der Waals surface area contributed by atoms with Crippen molar-refractivity contribution in [1.82, 2.24) is 0 Å². The van der Waals surface area contributed by atoms with Gasteiger partial charge in [0.15, 0.2) is 67.1 Å². The highest BCUT2D eigenvalue weighted by Crippen LogP contribution is 2.31. The summed E-state index contributed by atoms with van der Waals surface area (Å²) < 4.78 is 120. The number of carbonyl (C=O) groups excluding carboxylic acids is 13. The van der Waals surface area contributed by atoms with E-state index in [1.54, 1.807) is 38.1 Å². The molecule has 8 N–H and O–H groups in total. The summed E-state index contributed by atoms with van der Waals surface area (Å²) in [5.74, 6) is -14.4. The van der Waals surface area contributed by atoms with Crippen LogP contribution in [0.4, 0.5) is 11.4 Å². The average Bonchev–Trinajstić information content (AvgIpc) is 0.876. The second-order valence-corrected chi connectivity index (χ2v) is 25.8. The Labute approximate surface area is 620 Å². The van der Waals surface area contributed by atoms with Gasteiger partial charge in [-0.25, -0.2) is 94.2 Å². The summed E-state index contributed by atoms with van der Waals surface area (Å²) in [6, 6.07) is 10.7. The molecular formula is C64H80Cl2N4O35S2. The Hall–Kier alpha value is -10.5. The summed E-state index contributed by atoms with van der Waals surface area (Å²) in [7, 11) is -8.50. The van der Waals surface area contributed by atoms with E-state index < -0.39 is 187 Å². The normalized spacial score (nSPS) is 14.3. The standard InChI is InChI=1S/C32H39ClN2O17S.C20H30O13.C12H11ClN2O5S/c1-8-45-26(36)15(2)47-27(37)16(3)48-28(38)17(4)49-29(39)18(5)50-30(40)19(6)51-31(41)20(7)52-32(42)22-12-25(53(34,43)44)23(33)13-24(22)35-14-21-10-9-11-46-21;1-8-28-16(23)10(3)30-18(25)12(5)32-20(27)14(7)33-19(26)13(6)31-17(24)11(4)29-15(22)9(2)21;13-9-5-10(15-6-7-2-1-3-20-7)8(12(16)17)4-11(9)21(14,18)19/h9-13,15-20,35H,8,14H2,1-7H3,(H2,34,43,44);9-14,21H,8H2,1-7H3;1-5,15H,6H2,(H,16,17)(H2,14,18,19)/t15-,16-,17-,18-,19-,20-;9-,10-,11-,12-,13-,14-;/m00./s1. The predicted octanol–water partition coefficient (Wildman–Crippen LogP) is 3.44. The van der Waals surface area contributed by atoms with Gasteiger partial charge in [-0.2, -0.15) is 0 Å². The highest BCUT2D eigenvalue weighted by atomic mass is 35.5. The van der Waals surface area contributed by atoms with E-state index in [1.807, 2.05) is 0 Å². The molecule has 0 fully saturated rings. The zero-order valence-electron chi connectivity index (χ0n) is 59.6. The van der Waals surface area contributed by atoms with Gasteiger partial charge >= 0.3 is 83.6 Å². The van der Waals surface area contributed by atoms with Crippen LogP contribution in [0.5, 0.6) is 0 Å². The summed E-state index contributed by atoms with van der Waals surface area (Å²) in [6.07, 6.45) is -14.9. The number of aliphatic hydroxyl groups excluding tert-OH is 1. The van der Waals surface area contributed by atoms with Crippen molar-refractivity contribution in [3.8, 4) is 0 Å². The van der Waals surface area contributed by atoms with Crippen LogP contribution in [0, 0.1) is 0 Å². The molecule has 0 aliphatic carbocycles. The number of hydrogen-bond acceptors (Lipinski definition) is 36. The number of nitrogens with one attached hydrogen (secondary N) is 2. The van der Waals surface area contributed by atoms with E-state index in [2.05, 4.69) is 20.1 Å². The van der Waals surface area contributed by atoms with E-state index in [0.717, 1.165) is 73.6 Å². The number of sulfonamides is 2. The van der Waals surface area contributed by atoms with Crippen LogP contribution in [0.25, 0.3) is 0 Å². The van der Waals surface area contributed by atoms with Crippen LogP contribution in [0.15, 0.2) is 79.7 Å². The van der Waals surface area contributed by atoms with Crippen molar-refractivity contribution in [3.63, 3.8) is 0 Å². The van der Waals surface area contributed by atoms with Gasteiger partial charge in [-0.05, 0) is 145 Å². The minimum absolute atomic E-state index is 0.00227. The highest BCUT2D eigenvalue weighted by Gasteiger charge is 2.36. The number of aromatic carboxylic acids is 1. The fraction of sp³-hybridized carbons (Fsp3) is 0.469. The maximum atomic E-state index is 13.1. The molecule has 0 saturated heterocycles. The number of carbonyl (C=O) groups is 14. The Morgan fingerprint density at radius 3 is 0.879 bits per heavy atom. The third-order valence-electron chi connectivity index (χ3n) is 13.1. The fourth-order valence-corrected chi connectivity index (χ4v) is 9.55. The number of aliphatic hydroxyl groups is 1. The van der Waals surface area contributed by atoms with Crippen LogP contribution in [0.2, 0.25) is 10.0 Å². The van der Waals surface area contributed by atoms with Crippen molar-refractivity contribution in [2.45, 2.75) is 193 Å². The predicted molar refractivity (Wildman–Crippen MR) is 360 cm³/mol. The third kappa shape index (κ3) is 31.3. The zero-order valence-corrected chi connectivity index (χ0v) is 62.8. The average molecular weight is 1600 g/mol. The summed E-state index contributed by atoms with van der Waals surface area (Å²) in [5, 5.41) is 33.6. The van der Waals surface area contributed by atoms with Gasteiger partial charge in [0.25, 0.3) is 0 Å². The first-order valence-electron chi connectivity index (χ1n) is 31.4. The number of primary sulfonamides is 2. The van der Waals surface area contributed by atoms with Crippen LogP contribution >= 0.6 is 23.2 Å². The number of halogens is 2. The van der Waals surface area contributed by atoms with Crippen molar-refractivity contribution in [2.24, 2.45) is 10.3 Å². The summed E-state index contributed by atoms with van der Waals surface area (Å²) in [4.78, 5) is 168. The Bertz CT molecular complexity index is 4060. The second-order valence-electron chi connectivity index (χ2n) is 21.9. The van der Waals surface area contributed by atoms with Crippen molar-refractivity contribution >= 4 is 138 Å². The molecule has 0 bridgehead atoms. The van der Waals surface area contributed by atoms with E-state index in [0.29, 0.717) is 11.5 Å². The molecule has 0 unspecified atom stereocenters. The van der Waals surface area contributed by atoms with Gasteiger partial charge in [-0.1, -0.05) is 23.2 Å². The molecule has 2 aromatic carbocycles. The number of carboxylic acid groups (broad SMARTS) is 1. The molecule has 0 aliphatic rings. The molecule has 2 heterocycles. The molecule has 39 nitrogen and oxygen atoms in total. The number of nitrogens with two attached hydrogens (primary N) is 2. The lowest BCUT2D eigenvalue weighted by molar-refractivity contribution is -0.187. The highest BCUT2D eigenvalue weighted by molar-refractivity contribution is 7.89. The smallest absolute Gasteiger partial charge is 0.348 e. The fourth-order valence-electron chi connectivity index (χ4n) is 7.35. The number of ether oxygens (including phenoxy) is 13. The lowest BCUT2D eigenvalue weighted by atomic mass is 10.1. The number of carboxylic acids is 1. The molecule has 592 valence electrons. The lowest BCUT2D eigenvalue weighted by Gasteiger charge is -2.21. The first-order valence-corrected chi connectivity index (χ1v) is 35.3. The molecule has 43 heteroatoms. The molecule has 0 saturated carbocycles. The van der Waals surface area contributed by atoms with Crippen LogP contribution in [-0.4, -0.2) is 197 Å². The largest absolute Gasteiger partial charge is 0.478 e. The van der Waals surface area contributed by atoms with Crippen LogP contribution in [-0.2, 0) is 152 Å².